The standard InChI is InChI=1S/C30H38N/c1-20(2)24-13-14-27-25(17-24)15-16-31(4)30(27)29-19-26(22-9-5-6-10-22)18-28(21(29)3)23-11-7-8-12-23/h13-20,22-23H,5-12H2,1-4H3/q+1/i16D. The molecular weight excluding hydrogens is 374 g/mol. The number of hydrogen-bond donors (Lipinski definition) is 0. The SMILES string of the molecule is [2H]c1cc2cc(C(C)C)ccc2c(-c2cc(C3CCCC3)cc(C3CCCC3)c2C)[n+]1C. The van der Waals surface area contributed by atoms with Gasteiger partial charge in [-0.2, -0.15) is 0 Å². The summed E-state index contributed by atoms with van der Waals surface area (Å²) in [5.41, 5.74) is 8.50. The van der Waals surface area contributed by atoms with Crippen LogP contribution in [0.1, 0.15) is 107 Å². The Balaban J connectivity index is 1.77. The molecule has 0 saturated heterocycles. The summed E-state index contributed by atoms with van der Waals surface area (Å²) < 4.78 is 10.9. The molecule has 2 aliphatic carbocycles. The number of benzene rings is 2. The molecule has 3 aromatic rings. The normalized spacial score (nSPS) is 18.4. The van der Waals surface area contributed by atoms with Crippen LogP contribution in [0.4, 0.5) is 0 Å². The van der Waals surface area contributed by atoms with Gasteiger partial charge in [-0.05, 0) is 90.1 Å². The predicted octanol–water partition coefficient (Wildman–Crippen LogP) is 8.08. The third-order valence-corrected chi connectivity index (χ3v) is 8.09. The molecule has 0 spiro atoms. The Hall–Kier alpha value is -2.15. The number of hydrogen-bond acceptors (Lipinski definition) is 0. The summed E-state index contributed by atoms with van der Waals surface area (Å²) in [6.45, 7) is 6.83. The van der Waals surface area contributed by atoms with E-state index in [0.717, 1.165) is 0 Å². The van der Waals surface area contributed by atoms with Crippen molar-refractivity contribution in [3.8, 4) is 11.3 Å². The van der Waals surface area contributed by atoms with Crippen LogP contribution in [0.15, 0.2) is 42.6 Å². The van der Waals surface area contributed by atoms with E-state index in [-0.39, 0.29) is 0 Å². The monoisotopic (exact) mass is 413 g/mol. The highest BCUT2D eigenvalue weighted by atomic mass is 14.9. The lowest BCUT2D eigenvalue weighted by atomic mass is 9.83. The average Bonchev–Trinajstić information content (AvgIpc) is 3.49. The van der Waals surface area contributed by atoms with Crippen LogP contribution in [0.3, 0.4) is 0 Å². The third-order valence-electron chi connectivity index (χ3n) is 8.09. The van der Waals surface area contributed by atoms with E-state index in [1.807, 2.05) is 6.07 Å². The smallest absolute Gasteiger partial charge is 0.200 e. The van der Waals surface area contributed by atoms with Crippen molar-refractivity contribution in [2.24, 2.45) is 7.05 Å². The Labute approximate surface area is 189 Å². The number of rotatable bonds is 4. The van der Waals surface area contributed by atoms with E-state index < -0.39 is 0 Å². The summed E-state index contributed by atoms with van der Waals surface area (Å²) in [5.74, 6) is 1.91. The van der Waals surface area contributed by atoms with Crippen molar-refractivity contribution in [1.82, 2.24) is 0 Å². The van der Waals surface area contributed by atoms with Crippen LogP contribution in [0.5, 0.6) is 0 Å². The van der Waals surface area contributed by atoms with Gasteiger partial charge in [0.05, 0.1) is 10.9 Å². The number of fused-ring (bicyclic) bond motifs is 1. The van der Waals surface area contributed by atoms with E-state index in [9.17, 15) is 0 Å². The number of nitrogens with zero attached hydrogens (tertiary/aromatic N) is 1. The van der Waals surface area contributed by atoms with Gasteiger partial charge in [0.2, 0.25) is 5.69 Å². The van der Waals surface area contributed by atoms with Crippen LogP contribution < -0.4 is 4.57 Å². The fraction of sp³-hybridized carbons (Fsp3) is 0.500. The fourth-order valence-electron chi connectivity index (χ4n) is 6.17. The topological polar surface area (TPSA) is 3.88 Å². The minimum Gasteiger partial charge on any atom is -0.200 e. The summed E-state index contributed by atoms with van der Waals surface area (Å²) in [7, 11) is 2.07. The maximum atomic E-state index is 8.74. The summed E-state index contributed by atoms with van der Waals surface area (Å²) >= 11 is 0. The molecule has 2 saturated carbocycles. The van der Waals surface area contributed by atoms with Crippen molar-refractivity contribution in [3.05, 3.63) is 64.8 Å². The summed E-state index contributed by atoms with van der Waals surface area (Å²) in [6.07, 6.45) is 11.4. The van der Waals surface area contributed by atoms with E-state index in [1.165, 1.54) is 84.5 Å². The van der Waals surface area contributed by atoms with Crippen molar-refractivity contribution >= 4 is 10.8 Å². The van der Waals surface area contributed by atoms with Crippen LogP contribution in [-0.4, -0.2) is 0 Å². The number of pyridine rings is 1. The molecule has 0 bridgehead atoms. The summed E-state index contributed by atoms with van der Waals surface area (Å²) in [4.78, 5) is 0. The largest absolute Gasteiger partial charge is 0.220 e. The fourth-order valence-corrected chi connectivity index (χ4v) is 6.17. The van der Waals surface area contributed by atoms with Crippen molar-refractivity contribution in [2.75, 3.05) is 0 Å². The van der Waals surface area contributed by atoms with E-state index >= 15 is 0 Å². The Morgan fingerprint density at radius 1 is 0.903 bits per heavy atom. The van der Waals surface area contributed by atoms with Gasteiger partial charge >= 0.3 is 0 Å². The maximum Gasteiger partial charge on any atom is 0.220 e. The van der Waals surface area contributed by atoms with Crippen LogP contribution in [0.2, 0.25) is 0 Å². The highest BCUT2D eigenvalue weighted by molar-refractivity contribution is 5.94. The molecule has 0 amide bonds. The molecule has 0 atom stereocenters. The van der Waals surface area contributed by atoms with Gasteiger partial charge in [0.1, 0.15) is 8.42 Å². The zero-order chi connectivity index (χ0) is 22.4. The van der Waals surface area contributed by atoms with Crippen LogP contribution >= 0.6 is 0 Å². The molecule has 0 unspecified atom stereocenters. The van der Waals surface area contributed by atoms with Crippen molar-refractivity contribution in [1.29, 1.82) is 0 Å². The second-order valence-electron chi connectivity index (χ2n) is 10.4. The first-order valence-corrected chi connectivity index (χ1v) is 12.5. The zero-order valence-electron chi connectivity index (χ0n) is 20.8. The van der Waals surface area contributed by atoms with Gasteiger partial charge in [-0.3, -0.25) is 0 Å². The molecule has 2 aliphatic rings. The Morgan fingerprint density at radius 3 is 2.26 bits per heavy atom. The van der Waals surface area contributed by atoms with Crippen molar-refractivity contribution in [3.63, 3.8) is 0 Å². The molecule has 0 aliphatic heterocycles. The third kappa shape index (κ3) is 3.81. The van der Waals surface area contributed by atoms with Gasteiger partial charge in [-0.1, -0.05) is 57.7 Å². The van der Waals surface area contributed by atoms with Gasteiger partial charge in [-0.15, -0.1) is 0 Å². The van der Waals surface area contributed by atoms with Crippen LogP contribution in [0.25, 0.3) is 22.0 Å². The molecule has 31 heavy (non-hydrogen) atoms. The van der Waals surface area contributed by atoms with E-state index in [1.54, 1.807) is 11.1 Å². The highest BCUT2D eigenvalue weighted by Crippen LogP contribution is 2.43. The number of aromatic nitrogens is 1. The molecule has 162 valence electrons. The maximum absolute atomic E-state index is 8.74. The lowest BCUT2D eigenvalue weighted by molar-refractivity contribution is -0.659. The zero-order valence-corrected chi connectivity index (χ0v) is 19.8. The van der Waals surface area contributed by atoms with E-state index in [0.29, 0.717) is 23.9 Å². The van der Waals surface area contributed by atoms with E-state index in [4.69, 9.17) is 1.37 Å². The summed E-state index contributed by atoms with van der Waals surface area (Å²) in [6, 6.07) is 14.0. The van der Waals surface area contributed by atoms with Gasteiger partial charge in [0.15, 0.2) is 6.17 Å². The first-order chi connectivity index (χ1) is 15.4. The molecule has 2 aromatic carbocycles. The summed E-state index contributed by atoms with van der Waals surface area (Å²) in [5, 5.41) is 2.47. The predicted molar refractivity (Wildman–Crippen MR) is 132 cm³/mol. The molecular formula is C30H38N+. The minimum absolute atomic E-state index is 0.493. The quantitative estimate of drug-likeness (QED) is 0.381. The minimum atomic E-state index is 0.493. The molecule has 0 N–H and O–H groups in total. The average molecular weight is 414 g/mol. The highest BCUT2D eigenvalue weighted by Gasteiger charge is 2.27. The molecule has 1 nitrogen and oxygen atoms in total. The molecule has 5 rings (SSSR count). The molecule has 1 heterocycles. The Kier molecular flexibility index (Phi) is 5.30. The Morgan fingerprint density at radius 2 is 1.58 bits per heavy atom. The first kappa shape index (κ1) is 19.5. The van der Waals surface area contributed by atoms with Gasteiger partial charge < -0.3 is 0 Å². The van der Waals surface area contributed by atoms with Crippen LogP contribution in [0, 0.1) is 6.92 Å². The second-order valence-corrected chi connectivity index (χ2v) is 10.4. The second kappa shape index (κ2) is 8.41. The molecule has 1 aromatic heterocycles. The lowest BCUT2D eigenvalue weighted by Gasteiger charge is -2.21. The van der Waals surface area contributed by atoms with Gasteiger partial charge in [-0.25, -0.2) is 4.57 Å². The molecule has 2 fully saturated rings. The Bertz CT molecular complexity index is 1150. The molecule has 0 radical (unpaired) electrons. The van der Waals surface area contributed by atoms with Crippen LogP contribution in [-0.2, 0) is 7.05 Å². The van der Waals surface area contributed by atoms with Gasteiger partial charge in [0.25, 0.3) is 0 Å². The van der Waals surface area contributed by atoms with Gasteiger partial charge in [0, 0.05) is 6.07 Å². The molecule has 1 heteroatoms. The first-order valence-electron chi connectivity index (χ1n) is 13.0. The van der Waals surface area contributed by atoms with E-state index in [2.05, 4.69) is 62.7 Å². The lowest BCUT2D eigenvalue weighted by Crippen LogP contribution is -2.31. The van der Waals surface area contributed by atoms with Crippen molar-refractivity contribution in [2.45, 2.75) is 89.9 Å². The van der Waals surface area contributed by atoms with Crippen molar-refractivity contribution < 1.29 is 5.94 Å².